The van der Waals surface area contributed by atoms with E-state index in [2.05, 4.69) is 16.0 Å². The molecule has 0 spiro atoms. The number of ether oxygens (including phenoxy) is 1. The molecule has 1 aromatic carbocycles. The lowest BCUT2D eigenvalue weighted by atomic mass is 9.99. The molecule has 30 heavy (non-hydrogen) atoms. The Morgan fingerprint density at radius 2 is 2.20 bits per heavy atom. The summed E-state index contributed by atoms with van der Waals surface area (Å²) >= 11 is 0. The maximum absolute atomic E-state index is 13.4. The molecular weight excluding hydrogens is 378 g/mol. The zero-order valence-electron chi connectivity index (χ0n) is 17.2. The number of hydrogen-bond donors (Lipinski definition) is 1. The van der Waals surface area contributed by atoms with Gasteiger partial charge in [0.1, 0.15) is 11.9 Å². The number of anilines is 1. The highest BCUT2D eigenvalue weighted by atomic mass is 16.5. The quantitative estimate of drug-likeness (QED) is 0.711. The van der Waals surface area contributed by atoms with E-state index in [1.54, 1.807) is 23.1 Å². The van der Waals surface area contributed by atoms with E-state index < -0.39 is 0 Å². The molecular formula is C23H23N5O2. The summed E-state index contributed by atoms with van der Waals surface area (Å²) in [6.45, 7) is 6.81. The Balaban J connectivity index is 1.70. The fraction of sp³-hybridized carbons (Fsp3) is 0.304. The summed E-state index contributed by atoms with van der Waals surface area (Å²) in [5.41, 5.74) is 10.6. The van der Waals surface area contributed by atoms with Gasteiger partial charge in [-0.3, -0.25) is 9.78 Å². The molecule has 152 valence electrons. The molecule has 0 bridgehead atoms. The summed E-state index contributed by atoms with van der Waals surface area (Å²) in [6, 6.07) is 10.8. The molecule has 2 aromatic heterocycles. The SMILES string of the molecule is CCN(C(=O)c1ccc2nc(N)c3c(c2c1)CO[C@@H]3C)[C@@H](C)c1ccc(C#N)cn1. The number of pyridine rings is 2. The number of fused-ring (bicyclic) bond motifs is 3. The largest absolute Gasteiger partial charge is 0.383 e. The second-order valence-corrected chi connectivity index (χ2v) is 7.43. The van der Waals surface area contributed by atoms with Crippen molar-refractivity contribution in [3.05, 3.63) is 64.5 Å². The van der Waals surface area contributed by atoms with Crippen LogP contribution in [0.3, 0.4) is 0 Å². The van der Waals surface area contributed by atoms with E-state index >= 15 is 0 Å². The molecule has 1 amide bonds. The van der Waals surface area contributed by atoms with Gasteiger partial charge in [0.05, 0.1) is 35.5 Å². The molecule has 0 aliphatic carbocycles. The van der Waals surface area contributed by atoms with E-state index in [1.807, 2.05) is 32.9 Å². The van der Waals surface area contributed by atoms with Crippen LogP contribution in [0.4, 0.5) is 5.82 Å². The predicted molar refractivity (Wildman–Crippen MR) is 113 cm³/mol. The smallest absolute Gasteiger partial charge is 0.254 e. The number of nitrogens with two attached hydrogens (primary N) is 1. The Morgan fingerprint density at radius 1 is 1.40 bits per heavy atom. The minimum atomic E-state index is -0.232. The number of amides is 1. The highest BCUT2D eigenvalue weighted by Gasteiger charge is 2.27. The van der Waals surface area contributed by atoms with Gasteiger partial charge < -0.3 is 15.4 Å². The van der Waals surface area contributed by atoms with Crippen LogP contribution in [-0.2, 0) is 11.3 Å². The maximum Gasteiger partial charge on any atom is 0.254 e. The Labute approximate surface area is 175 Å². The predicted octanol–water partition coefficient (Wildman–Crippen LogP) is 3.90. The van der Waals surface area contributed by atoms with E-state index in [9.17, 15) is 4.79 Å². The number of carbonyl (C=O) groups excluding carboxylic acids is 1. The number of hydrogen-bond acceptors (Lipinski definition) is 6. The van der Waals surface area contributed by atoms with Gasteiger partial charge in [-0.15, -0.1) is 0 Å². The second kappa shape index (κ2) is 7.73. The van der Waals surface area contributed by atoms with Gasteiger partial charge in [-0.1, -0.05) is 0 Å². The van der Waals surface area contributed by atoms with Crippen molar-refractivity contribution >= 4 is 22.6 Å². The van der Waals surface area contributed by atoms with Gasteiger partial charge >= 0.3 is 0 Å². The van der Waals surface area contributed by atoms with Gasteiger partial charge in [-0.05, 0) is 56.7 Å². The van der Waals surface area contributed by atoms with E-state index in [0.717, 1.165) is 27.7 Å². The summed E-state index contributed by atoms with van der Waals surface area (Å²) in [4.78, 5) is 24.0. The summed E-state index contributed by atoms with van der Waals surface area (Å²) in [5.74, 6) is 0.396. The van der Waals surface area contributed by atoms with Crippen molar-refractivity contribution in [1.29, 1.82) is 5.26 Å². The fourth-order valence-electron chi connectivity index (χ4n) is 4.04. The van der Waals surface area contributed by atoms with Gasteiger partial charge in [0.15, 0.2) is 0 Å². The van der Waals surface area contributed by atoms with Gasteiger partial charge in [0, 0.05) is 29.3 Å². The molecule has 0 saturated carbocycles. The Kier molecular flexibility index (Phi) is 5.10. The van der Waals surface area contributed by atoms with Crippen LogP contribution in [0.1, 0.15) is 65.7 Å². The number of nitriles is 1. The number of aromatic nitrogens is 2. The van der Waals surface area contributed by atoms with Crippen molar-refractivity contribution in [2.75, 3.05) is 12.3 Å². The molecule has 7 nitrogen and oxygen atoms in total. The zero-order valence-corrected chi connectivity index (χ0v) is 17.2. The third-order valence-corrected chi connectivity index (χ3v) is 5.71. The van der Waals surface area contributed by atoms with Crippen LogP contribution in [0.25, 0.3) is 10.9 Å². The second-order valence-electron chi connectivity index (χ2n) is 7.43. The van der Waals surface area contributed by atoms with E-state index in [1.165, 1.54) is 6.20 Å². The van der Waals surface area contributed by atoms with Crippen molar-refractivity contribution in [1.82, 2.24) is 14.9 Å². The topological polar surface area (TPSA) is 105 Å². The average Bonchev–Trinajstić information content (AvgIpc) is 3.16. The van der Waals surface area contributed by atoms with Crippen LogP contribution in [0.2, 0.25) is 0 Å². The molecule has 1 aliphatic heterocycles. The standard InChI is InChI=1S/C23H23N5O2/c1-4-28(13(2)19-7-5-15(10-24)11-26-19)23(29)16-6-8-20-17(9-16)18-12-30-14(3)21(18)22(25)27-20/h5-9,11,13-14H,4,12H2,1-3H3,(H2,25,27)/t13-,14+/m0/s1. The minimum Gasteiger partial charge on any atom is -0.383 e. The highest BCUT2D eigenvalue weighted by Crippen LogP contribution is 2.38. The molecule has 4 rings (SSSR count). The normalized spacial score (nSPS) is 16.1. The first kappa shape index (κ1) is 19.8. The molecule has 1 aliphatic rings. The lowest BCUT2D eigenvalue weighted by Crippen LogP contribution is -2.33. The fourth-order valence-corrected chi connectivity index (χ4v) is 4.04. The lowest BCUT2D eigenvalue weighted by Gasteiger charge is -2.28. The van der Waals surface area contributed by atoms with Gasteiger partial charge in [0.2, 0.25) is 0 Å². The molecule has 2 atom stereocenters. The number of benzene rings is 1. The molecule has 0 saturated heterocycles. The van der Waals surface area contributed by atoms with Crippen molar-refractivity contribution in [2.24, 2.45) is 0 Å². The van der Waals surface area contributed by atoms with Gasteiger partial charge in [-0.25, -0.2) is 4.98 Å². The minimum absolute atomic E-state index is 0.0874. The molecule has 0 unspecified atom stereocenters. The summed E-state index contributed by atoms with van der Waals surface area (Å²) in [6.07, 6.45) is 1.42. The van der Waals surface area contributed by atoms with Crippen molar-refractivity contribution in [3.8, 4) is 6.07 Å². The average molecular weight is 401 g/mol. The maximum atomic E-state index is 13.4. The molecule has 3 heterocycles. The van der Waals surface area contributed by atoms with E-state index in [0.29, 0.717) is 30.1 Å². The van der Waals surface area contributed by atoms with Crippen LogP contribution >= 0.6 is 0 Å². The lowest BCUT2D eigenvalue weighted by molar-refractivity contribution is 0.0699. The number of carbonyl (C=O) groups is 1. The van der Waals surface area contributed by atoms with Crippen LogP contribution < -0.4 is 5.73 Å². The van der Waals surface area contributed by atoms with Crippen LogP contribution in [-0.4, -0.2) is 27.3 Å². The monoisotopic (exact) mass is 401 g/mol. The Hall–Kier alpha value is -3.50. The summed E-state index contributed by atoms with van der Waals surface area (Å²) in [5, 5.41) is 9.87. The number of nitrogen functional groups attached to an aromatic ring is 1. The molecule has 2 N–H and O–H groups in total. The third kappa shape index (κ3) is 3.25. The Bertz CT molecular complexity index is 1170. The molecule has 0 fully saturated rings. The van der Waals surface area contributed by atoms with Crippen molar-refractivity contribution in [2.45, 2.75) is 39.5 Å². The number of rotatable bonds is 4. The first-order valence-electron chi connectivity index (χ1n) is 9.95. The first-order chi connectivity index (χ1) is 14.4. The molecule has 3 aromatic rings. The first-order valence-corrected chi connectivity index (χ1v) is 9.95. The van der Waals surface area contributed by atoms with Crippen LogP contribution in [0.5, 0.6) is 0 Å². The zero-order chi connectivity index (χ0) is 21.4. The van der Waals surface area contributed by atoms with Crippen molar-refractivity contribution in [3.63, 3.8) is 0 Å². The third-order valence-electron chi connectivity index (χ3n) is 5.71. The van der Waals surface area contributed by atoms with E-state index in [-0.39, 0.29) is 18.1 Å². The van der Waals surface area contributed by atoms with Gasteiger partial charge in [0.25, 0.3) is 5.91 Å². The highest BCUT2D eigenvalue weighted by molar-refractivity contribution is 5.99. The van der Waals surface area contributed by atoms with E-state index in [4.69, 9.17) is 15.7 Å². The molecule has 7 heteroatoms. The summed E-state index contributed by atoms with van der Waals surface area (Å²) in [7, 11) is 0. The van der Waals surface area contributed by atoms with Gasteiger partial charge in [-0.2, -0.15) is 5.26 Å². The number of nitrogens with zero attached hydrogens (tertiary/aromatic N) is 4. The van der Waals surface area contributed by atoms with Crippen molar-refractivity contribution < 1.29 is 9.53 Å². The van der Waals surface area contributed by atoms with Crippen LogP contribution in [0.15, 0.2) is 36.5 Å². The Morgan fingerprint density at radius 3 is 2.87 bits per heavy atom. The summed E-state index contributed by atoms with van der Waals surface area (Å²) < 4.78 is 5.75. The van der Waals surface area contributed by atoms with Crippen LogP contribution in [0, 0.1) is 11.3 Å². The molecule has 0 radical (unpaired) electrons.